The molecule has 2 rings (SSSR count). The molecule has 0 aliphatic heterocycles. The first-order valence-corrected chi connectivity index (χ1v) is 8.01. The molecule has 2 aromatic carbocycles. The van der Waals surface area contributed by atoms with E-state index < -0.39 is 0 Å². The van der Waals surface area contributed by atoms with E-state index in [9.17, 15) is 4.79 Å². The summed E-state index contributed by atoms with van der Waals surface area (Å²) in [6.45, 7) is 0.0301. The largest absolute Gasteiger partial charge is 0.497 e. The summed E-state index contributed by atoms with van der Waals surface area (Å²) in [5.41, 5.74) is 0.724. The van der Waals surface area contributed by atoms with Crippen LogP contribution in [0.25, 0.3) is 0 Å². The third kappa shape index (κ3) is 3.85. The quantitative estimate of drug-likeness (QED) is 0.463. The summed E-state index contributed by atoms with van der Waals surface area (Å²) in [4.78, 5) is 12.2. The second-order valence-corrected chi connectivity index (χ2v) is 6.31. The van der Waals surface area contributed by atoms with Crippen LogP contribution in [-0.2, 0) is 0 Å². The van der Waals surface area contributed by atoms with Crippen molar-refractivity contribution in [1.82, 2.24) is 0 Å². The number of benzene rings is 2. The number of rotatable bonds is 5. The van der Waals surface area contributed by atoms with Crippen molar-refractivity contribution in [3.05, 3.63) is 55.2 Å². The Morgan fingerprint density at radius 3 is 2.10 bits per heavy atom. The third-order valence-electron chi connectivity index (χ3n) is 2.67. The molecule has 0 bridgehead atoms. The summed E-state index contributed by atoms with van der Waals surface area (Å²) in [6, 6.07) is 12.9. The van der Waals surface area contributed by atoms with E-state index in [0.29, 0.717) is 5.75 Å². The van der Waals surface area contributed by atoms with Crippen molar-refractivity contribution < 1.29 is 14.3 Å². The van der Waals surface area contributed by atoms with Gasteiger partial charge in [-0.15, -0.1) is 0 Å². The van der Waals surface area contributed by atoms with Gasteiger partial charge in [-0.3, -0.25) is 4.79 Å². The number of hydrogen-bond acceptors (Lipinski definition) is 3. The monoisotopic (exact) mass is 494 g/mol. The van der Waals surface area contributed by atoms with E-state index in [1.54, 1.807) is 31.4 Å². The van der Waals surface area contributed by atoms with Crippen LogP contribution in [-0.4, -0.2) is 19.5 Å². The lowest BCUT2D eigenvalue weighted by Gasteiger charge is -2.09. The van der Waals surface area contributed by atoms with Crippen LogP contribution in [0.5, 0.6) is 11.5 Å². The van der Waals surface area contributed by atoms with Crippen molar-refractivity contribution in [2.24, 2.45) is 0 Å². The molecule has 0 amide bonds. The molecule has 0 saturated heterocycles. The molecule has 0 saturated carbocycles. The smallest absolute Gasteiger partial charge is 0.202 e. The van der Waals surface area contributed by atoms with Crippen LogP contribution in [0.1, 0.15) is 10.4 Å². The molecule has 0 atom stereocenters. The summed E-state index contributed by atoms with van der Waals surface area (Å²) in [6.07, 6.45) is 0. The first kappa shape index (κ1) is 15.6. The van der Waals surface area contributed by atoms with Crippen molar-refractivity contribution >= 4 is 51.0 Å². The van der Waals surface area contributed by atoms with Gasteiger partial charge in [-0.2, -0.15) is 0 Å². The first-order chi connectivity index (χ1) is 9.61. The highest BCUT2D eigenvalue weighted by Gasteiger charge is 2.14. The van der Waals surface area contributed by atoms with Gasteiger partial charge in [0, 0.05) is 12.7 Å². The number of carbonyl (C=O) groups excluding carboxylic acids is 1. The molecule has 3 nitrogen and oxygen atoms in total. The lowest BCUT2D eigenvalue weighted by atomic mass is 10.1. The van der Waals surface area contributed by atoms with E-state index in [1.807, 2.05) is 18.2 Å². The van der Waals surface area contributed by atoms with Gasteiger partial charge < -0.3 is 9.47 Å². The van der Waals surface area contributed by atoms with Crippen LogP contribution >= 0.6 is 45.2 Å². The van der Waals surface area contributed by atoms with Crippen molar-refractivity contribution in [3.8, 4) is 11.5 Å². The maximum Gasteiger partial charge on any atom is 0.202 e. The van der Waals surface area contributed by atoms with Crippen LogP contribution in [0.15, 0.2) is 42.5 Å². The Morgan fingerprint density at radius 1 is 1.00 bits per heavy atom. The second-order valence-electron chi connectivity index (χ2n) is 3.98. The number of hydrogen-bond donors (Lipinski definition) is 0. The number of carbonyl (C=O) groups is 1. The number of halogens is 2. The number of ether oxygens (including phenoxy) is 2. The van der Waals surface area contributed by atoms with Crippen molar-refractivity contribution in [3.63, 3.8) is 0 Å². The minimum Gasteiger partial charge on any atom is -0.497 e. The van der Waals surface area contributed by atoms with Crippen LogP contribution in [0.2, 0.25) is 0 Å². The molecule has 5 heteroatoms. The minimum atomic E-state index is -0.0183. The molecule has 2 aromatic rings. The van der Waals surface area contributed by atoms with Gasteiger partial charge in [0.25, 0.3) is 0 Å². The summed E-state index contributed by atoms with van der Waals surface area (Å²) < 4.78 is 12.5. The molecular formula is C15H12I2O3. The van der Waals surface area contributed by atoms with Gasteiger partial charge in [-0.1, -0.05) is 6.07 Å². The Bertz CT molecular complexity index is 589. The summed E-state index contributed by atoms with van der Waals surface area (Å²) in [5.74, 6) is 1.39. The zero-order valence-electron chi connectivity index (χ0n) is 10.7. The molecule has 0 aliphatic carbocycles. The highest BCUT2D eigenvalue weighted by molar-refractivity contribution is 14.1. The van der Waals surface area contributed by atoms with Crippen LogP contribution in [0.3, 0.4) is 0 Å². The highest BCUT2D eigenvalue weighted by atomic mass is 127. The second kappa shape index (κ2) is 7.26. The van der Waals surface area contributed by atoms with Crippen LogP contribution in [0, 0.1) is 7.14 Å². The van der Waals surface area contributed by atoms with E-state index in [2.05, 4.69) is 45.2 Å². The van der Waals surface area contributed by atoms with Crippen LogP contribution in [0.4, 0.5) is 0 Å². The van der Waals surface area contributed by atoms with Gasteiger partial charge in [-0.05, 0) is 81.6 Å². The molecule has 0 heterocycles. The fourth-order valence-electron chi connectivity index (χ4n) is 1.66. The van der Waals surface area contributed by atoms with Gasteiger partial charge in [0.1, 0.15) is 11.5 Å². The lowest BCUT2D eigenvalue weighted by Crippen LogP contribution is -2.14. The van der Waals surface area contributed by atoms with E-state index in [0.717, 1.165) is 18.5 Å². The van der Waals surface area contributed by atoms with Crippen LogP contribution < -0.4 is 9.47 Å². The Labute approximate surface area is 144 Å². The third-order valence-corrected chi connectivity index (χ3v) is 4.47. The summed E-state index contributed by atoms with van der Waals surface area (Å²) in [7, 11) is 1.61. The average Bonchev–Trinajstić information content (AvgIpc) is 2.45. The predicted octanol–water partition coefficient (Wildman–Crippen LogP) is 4.17. The fraction of sp³-hybridized carbons (Fsp3) is 0.133. The molecular weight excluding hydrogens is 482 g/mol. The summed E-state index contributed by atoms with van der Waals surface area (Å²) >= 11 is 4.33. The minimum absolute atomic E-state index is 0.0183. The van der Waals surface area contributed by atoms with E-state index in [1.165, 1.54) is 0 Å². The highest BCUT2D eigenvalue weighted by Crippen LogP contribution is 2.21. The maximum absolute atomic E-state index is 12.2. The molecule has 0 fully saturated rings. The normalized spacial score (nSPS) is 10.2. The number of methoxy groups -OCH3 is 1. The molecule has 20 heavy (non-hydrogen) atoms. The molecule has 0 N–H and O–H groups in total. The molecule has 0 aliphatic rings. The molecule has 0 radical (unpaired) electrons. The zero-order chi connectivity index (χ0) is 14.5. The molecule has 0 unspecified atom stereocenters. The predicted molar refractivity (Wildman–Crippen MR) is 94.7 cm³/mol. The van der Waals surface area contributed by atoms with Gasteiger partial charge >= 0.3 is 0 Å². The molecule has 0 spiro atoms. The van der Waals surface area contributed by atoms with Crippen molar-refractivity contribution in [2.75, 3.05) is 13.7 Å². The SMILES string of the molecule is COc1ccc(OCC(=O)c2c(I)cccc2I)cc1. The first-order valence-electron chi connectivity index (χ1n) is 5.86. The van der Waals surface area contributed by atoms with Crippen molar-refractivity contribution in [1.29, 1.82) is 0 Å². The topological polar surface area (TPSA) is 35.5 Å². The average molecular weight is 494 g/mol. The van der Waals surface area contributed by atoms with Crippen molar-refractivity contribution in [2.45, 2.75) is 0 Å². The zero-order valence-corrected chi connectivity index (χ0v) is 15.0. The van der Waals surface area contributed by atoms with E-state index >= 15 is 0 Å². The van der Waals surface area contributed by atoms with Gasteiger partial charge in [0.15, 0.2) is 6.61 Å². The Kier molecular flexibility index (Phi) is 5.64. The Balaban J connectivity index is 2.05. The maximum atomic E-state index is 12.2. The van der Waals surface area contributed by atoms with E-state index in [-0.39, 0.29) is 12.4 Å². The van der Waals surface area contributed by atoms with Gasteiger partial charge in [0.05, 0.1) is 7.11 Å². The Morgan fingerprint density at radius 2 is 1.55 bits per heavy atom. The molecule has 104 valence electrons. The fourth-order valence-corrected chi connectivity index (χ4v) is 3.77. The number of ketones is 1. The van der Waals surface area contributed by atoms with Gasteiger partial charge in [-0.25, -0.2) is 0 Å². The number of Topliss-reactive ketones (excluding diaryl/α,β-unsaturated/α-hetero) is 1. The standard InChI is InChI=1S/C15H12I2O3/c1-19-10-5-7-11(8-6-10)20-9-14(18)15-12(16)3-2-4-13(15)17/h2-8H,9H2,1H3. The Hall–Kier alpha value is -0.830. The van der Waals surface area contributed by atoms with Gasteiger partial charge in [0.2, 0.25) is 5.78 Å². The lowest BCUT2D eigenvalue weighted by molar-refractivity contribution is 0.0919. The van der Waals surface area contributed by atoms with E-state index in [4.69, 9.17) is 9.47 Å². The summed E-state index contributed by atoms with van der Waals surface area (Å²) in [5, 5.41) is 0. The molecule has 0 aromatic heterocycles.